The molecule has 1 aliphatic rings. The number of amides is 1. The van der Waals surface area contributed by atoms with Gasteiger partial charge in [0.2, 0.25) is 5.95 Å². The van der Waals surface area contributed by atoms with E-state index in [4.69, 9.17) is 23.9 Å². The Labute approximate surface area is 214 Å². The molecule has 4 aromatic rings. The maximum absolute atomic E-state index is 14.0. The fourth-order valence-corrected chi connectivity index (χ4v) is 4.76. The van der Waals surface area contributed by atoms with Crippen molar-refractivity contribution in [3.05, 3.63) is 77.5 Å². The topological polar surface area (TPSA) is 95.9 Å². The highest BCUT2D eigenvalue weighted by Crippen LogP contribution is 2.46. The number of methoxy groups -OCH3 is 4. The molecular formula is C28H28N4O5. The number of para-hydroxylation sites is 4. The third-order valence-electron chi connectivity index (χ3n) is 6.46. The number of nitrogens with zero attached hydrogens (tertiary/aromatic N) is 2. The van der Waals surface area contributed by atoms with Gasteiger partial charge in [0, 0.05) is 17.3 Å². The molecule has 9 nitrogen and oxygen atoms in total. The largest absolute Gasteiger partial charge is 0.496 e. The molecule has 2 N–H and O–H groups in total. The van der Waals surface area contributed by atoms with Gasteiger partial charge in [-0.15, -0.1) is 0 Å². The number of hydrogen-bond acceptors (Lipinski definition) is 7. The van der Waals surface area contributed by atoms with Crippen LogP contribution in [0.2, 0.25) is 0 Å². The molecule has 0 aliphatic carbocycles. The summed E-state index contributed by atoms with van der Waals surface area (Å²) >= 11 is 0. The summed E-state index contributed by atoms with van der Waals surface area (Å²) in [6.07, 6.45) is 0. The first-order chi connectivity index (χ1) is 18.0. The second kappa shape index (κ2) is 9.77. The highest BCUT2D eigenvalue weighted by Gasteiger charge is 2.36. The van der Waals surface area contributed by atoms with Gasteiger partial charge >= 0.3 is 0 Å². The third kappa shape index (κ3) is 4.08. The number of fused-ring (bicyclic) bond motifs is 3. The van der Waals surface area contributed by atoms with Crippen LogP contribution in [0, 0.1) is 0 Å². The Balaban J connectivity index is 1.74. The predicted molar refractivity (Wildman–Crippen MR) is 142 cm³/mol. The molecule has 5 rings (SSSR count). The Hall–Kier alpha value is -4.66. The lowest BCUT2D eigenvalue weighted by molar-refractivity contribution is -0.113. The maximum Gasteiger partial charge on any atom is 0.255 e. The minimum Gasteiger partial charge on any atom is -0.496 e. The van der Waals surface area contributed by atoms with Crippen LogP contribution in [-0.4, -0.2) is 43.9 Å². The quantitative estimate of drug-likeness (QED) is 0.369. The summed E-state index contributed by atoms with van der Waals surface area (Å²) in [4.78, 5) is 18.8. The average molecular weight is 501 g/mol. The summed E-state index contributed by atoms with van der Waals surface area (Å²) in [6.45, 7) is 1.86. The van der Waals surface area contributed by atoms with Gasteiger partial charge in [0.1, 0.15) is 11.5 Å². The van der Waals surface area contributed by atoms with Crippen molar-refractivity contribution in [2.24, 2.45) is 0 Å². The second-order valence-corrected chi connectivity index (χ2v) is 8.46. The molecule has 2 heterocycles. The van der Waals surface area contributed by atoms with E-state index in [2.05, 4.69) is 10.6 Å². The minimum atomic E-state index is -0.590. The average Bonchev–Trinajstić information content (AvgIpc) is 3.29. The van der Waals surface area contributed by atoms with E-state index in [-0.39, 0.29) is 5.91 Å². The lowest BCUT2D eigenvalue weighted by Crippen LogP contribution is -2.31. The number of imidazole rings is 1. The van der Waals surface area contributed by atoms with Crippen molar-refractivity contribution < 1.29 is 23.7 Å². The molecule has 190 valence electrons. The van der Waals surface area contributed by atoms with Gasteiger partial charge in [-0.05, 0) is 37.3 Å². The number of ether oxygens (including phenoxy) is 4. The van der Waals surface area contributed by atoms with E-state index in [1.54, 1.807) is 46.6 Å². The number of hydrogen-bond donors (Lipinski definition) is 2. The lowest BCUT2D eigenvalue weighted by atomic mass is 9.93. The number of nitrogens with one attached hydrogen (secondary N) is 2. The molecule has 1 amide bonds. The molecule has 0 saturated heterocycles. The number of aromatic nitrogens is 2. The van der Waals surface area contributed by atoms with Crippen LogP contribution in [0.3, 0.4) is 0 Å². The van der Waals surface area contributed by atoms with Gasteiger partial charge < -0.3 is 29.6 Å². The lowest BCUT2D eigenvalue weighted by Gasteiger charge is -2.32. The Morgan fingerprint density at radius 1 is 0.865 bits per heavy atom. The monoisotopic (exact) mass is 500 g/mol. The zero-order valence-electron chi connectivity index (χ0n) is 21.3. The molecule has 0 radical (unpaired) electrons. The molecule has 1 aliphatic heterocycles. The van der Waals surface area contributed by atoms with Gasteiger partial charge in [-0.25, -0.2) is 4.98 Å². The Morgan fingerprint density at radius 3 is 2.24 bits per heavy atom. The van der Waals surface area contributed by atoms with E-state index in [9.17, 15) is 4.79 Å². The van der Waals surface area contributed by atoms with Crippen LogP contribution in [0.5, 0.6) is 23.0 Å². The molecule has 1 atom stereocenters. The van der Waals surface area contributed by atoms with Gasteiger partial charge in [-0.1, -0.05) is 24.3 Å². The van der Waals surface area contributed by atoms with Gasteiger partial charge in [0.05, 0.1) is 56.8 Å². The first kappa shape index (κ1) is 24.1. The maximum atomic E-state index is 14.0. The summed E-state index contributed by atoms with van der Waals surface area (Å²) in [6, 6.07) is 18.1. The van der Waals surface area contributed by atoms with Crippen LogP contribution < -0.4 is 29.6 Å². The van der Waals surface area contributed by atoms with Crippen molar-refractivity contribution in [2.75, 3.05) is 39.1 Å². The van der Waals surface area contributed by atoms with Crippen molar-refractivity contribution in [3.8, 4) is 23.0 Å². The normalized spacial score (nSPS) is 14.6. The van der Waals surface area contributed by atoms with Crippen LogP contribution in [0.1, 0.15) is 18.5 Å². The fourth-order valence-electron chi connectivity index (χ4n) is 4.76. The fraction of sp³-hybridized carbons (Fsp3) is 0.214. The van der Waals surface area contributed by atoms with Gasteiger partial charge in [0.15, 0.2) is 11.5 Å². The third-order valence-corrected chi connectivity index (χ3v) is 6.46. The van der Waals surface area contributed by atoms with Crippen LogP contribution in [-0.2, 0) is 4.79 Å². The number of anilines is 2. The van der Waals surface area contributed by atoms with Gasteiger partial charge in [-0.3, -0.25) is 9.36 Å². The Kier molecular flexibility index (Phi) is 6.35. The van der Waals surface area contributed by atoms with E-state index in [1.165, 1.54) is 0 Å². The van der Waals surface area contributed by atoms with Crippen LogP contribution >= 0.6 is 0 Å². The van der Waals surface area contributed by atoms with E-state index in [0.29, 0.717) is 45.9 Å². The second-order valence-electron chi connectivity index (χ2n) is 8.46. The molecular weight excluding hydrogens is 472 g/mol. The zero-order chi connectivity index (χ0) is 26.1. The predicted octanol–water partition coefficient (Wildman–Crippen LogP) is 5.00. The van der Waals surface area contributed by atoms with E-state index in [0.717, 1.165) is 16.6 Å². The number of carbonyl (C=O) groups excluding carboxylic acids is 1. The summed E-state index contributed by atoms with van der Waals surface area (Å²) in [5.41, 5.74) is 4.10. The first-order valence-electron chi connectivity index (χ1n) is 11.7. The SMILES string of the molecule is COc1ccccc1NC(=O)C1=C(C)Nc2nc3ccccc3n2[C@H]1c1cc(OC)c(OC)cc1OC. The number of benzene rings is 3. The van der Waals surface area contributed by atoms with Crippen molar-refractivity contribution in [1.29, 1.82) is 0 Å². The number of carbonyl (C=O) groups is 1. The van der Waals surface area contributed by atoms with Crippen molar-refractivity contribution in [3.63, 3.8) is 0 Å². The minimum absolute atomic E-state index is 0.292. The molecule has 0 fully saturated rings. The van der Waals surface area contributed by atoms with E-state index >= 15 is 0 Å². The Morgan fingerprint density at radius 2 is 1.51 bits per heavy atom. The summed E-state index contributed by atoms with van der Waals surface area (Å²) in [5, 5.41) is 6.35. The molecule has 37 heavy (non-hydrogen) atoms. The Bertz CT molecular complexity index is 1520. The summed E-state index contributed by atoms with van der Waals surface area (Å²) < 4.78 is 24.4. The van der Waals surface area contributed by atoms with Gasteiger partial charge in [-0.2, -0.15) is 0 Å². The van der Waals surface area contributed by atoms with E-state index in [1.807, 2.05) is 54.0 Å². The summed E-state index contributed by atoms with van der Waals surface area (Å²) in [7, 11) is 6.30. The van der Waals surface area contributed by atoms with Crippen LogP contribution in [0.25, 0.3) is 11.0 Å². The number of allylic oxidation sites excluding steroid dienone is 1. The van der Waals surface area contributed by atoms with Crippen molar-refractivity contribution in [2.45, 2.75) is 13.0 Å². The highest BCUT2D eigenvalue weighted by atomic mass is 16.5. The standard InChI is InChI=1S/C28H28N4O5/c1-16-25(27(33)30-19-11-7-9-13-21(19)34-2)26(17-14-23(36-4)24(37-5)15-22(17)35-3)32-20-12-8-6-10-18(20)31-28(32)29-16/h6-15,26H,1-5H3,(H,29,31)(H,30,33)/t26-/m0/s1. The molecule has 9 heteroatoms. The molecule has 0 unspecified atom stereocenters. The first-order valence-corrected chi connectivity index (χ1v) is 11.7. The van der Waals surface area contributed by atoms with Crippen molar-refractivity contribution >= 4 is 28.6 Å². The molecule has 1 aromatic heterocycles. The van der Waals surface area contributed by atoms with E-state index < -0.39 is 6.04 Å². The van der Waals surface area contributed by atoms with Gasteiger partial charge in [0.25, 0.3) is 5.91 Å². The van der Waals surface area contributed by atoms with Crippen molar-refractivity contribution in [1.82, 2.24) is 9.55 Å². The summed E-state index contributed by atoms with van der Waals surface area (Å²) in [5.74, 6) is 2.48. The number of rotatable bonds is 7. The zero-order valence-corrected chi connectivity index (χ0v) is 21.3. The molecule has 3 aromatic carbocycles. The molecule has 0 spiro atoms. The molecule has 0 saturated carbocycles. The molecule has 0 bridgehead atoms. The highest BCUT2D eigenvalue weighted by molar-refractivity contribution is 6.07. The van der Waals surface area contributed by atoms with Crippen LogP contribution in [0.4, 0.5) is 11.6 Å². The smallest absolute Gasteiger partial charge is 0.255 e. The van der Waals surface area contributed by atoms with Crippen LogP contribution in [0.15, 0.2) is 71.9 Å².